The molecule has 1 aromatic heterocycles. The Morgan fingerprint density at radius 1 is 1.42 bits per heavy atom. The topological polar surface area (TPSA) is 47.0 Å². The van der Waals surface area contributed by atoms with Crippen molar-refractivity contribution in [3.63, 3.8) is 0 Å². The lowest BCUT2D eigenvalue weighted by atomic mass is 9.89. The fourth-order valence-electron chi connectivity index (χ4n) is 2.55. The highest BCUT2D eigenvalue weighted by Gasteiger charge is 2.21. The van der Waals surface area contributed by atoms with Gasteiger partial charge < -0.3 is 10.1 Å². The predicted octanol–water partition coefficient (Wildman–Crippen LogP) is 3.17. The Bertz CT molecular complexity index is 555. The number of aryl methyl sites for hydroxylation is 1. The van der Waals surface area contributed by atoms with Crippen LogP contribution in [0.4, 0.5) is 5.00 Å². The summed E-state index contributed by atoms with van der Waals surface area (Å²) in [6.45, 7) is 0.520. The molecular formula is C14H17N3OS. The minimum absolute atomic E-state index is 0.191. The van der Waals surface area contributed by atoms with Gasteiger partial charge in [0.25, 0.3) is 0 Å². The van der Waals surface area contributed by atoms with Crippen LogP contribution >= 0.6 is 11.5 Å². The average Bonchev–Trinajstić information content (AvgIpc) is 2.92. The number of hydrogen-bond donors (Lipinski definition) is 1. The van der Waals surface area contributed by atoms with Gasteiger partial charge in [0, 0.05) is 18.6 Å². The van der Waals surface area contributed by atoms with Gasteiger partial charge in [-0.15, -0.1) is 5.10 Å². The van der Waals surface area contributed by atoms with Gasteiger partial charge in [-0.1, -0.05) is 28.8 Å². The highest BCUT2D eigenvalue weighted by molar-refractivity contribution is 7.10. The number of nitrogens with zero attached hydrogens (tertiary/aromatic N) is 2. The van der Waals surface area contributed by atoms with E-state index in [1.807, 2.05) is 7.05 Å². The largest absolute Gasteiger partial charge is 0.377 e. The highest BCUT2D eigenvalue weighted by Crippen LogP contribution is 2.33. The SMILES string of the molecule is CNc1snnc1COC1CCCc2ccccc21. The quantitative estimate of drug-likeness (QED) is 0.931. The van der Waals surface area contributed by atoms with E-state index in [4.69, 9.17) is 4.74 Å². The van der Waals surface area contributed by atoms with Crippen LogP contribution in [0.5, 0.6) is 0 Å². The van der Waals surface area contributed by atoms with Crippen LogP contribution in [-0.2, 0) is 17.8 Å². The van der Waals surface area contributed by atoms with Crippen LogP contribution in [0.2, 0.25) is 0 Å². The molecule has 0 aliphatic heterocycles. The molecule has 1 aliphatic rings. The lowest BCUT2D eigenvalue weighted by Crippen LogP contribution is -2.13. The van der Waals surface area contributed by atoms with Gasteiger partial charge in [0.2, 0.25) is 0 Å². The van der Waals surface area contributed by atoms with Gasteiger partial charge in [-0.05, 0) is 30.4 Å². The summed E-state index contributed by atoms with van der Waals surface area (Å²) in [7, 11) is 1.88. The summed E-state index contributed by atoms with van der Waals surface area (Å²) in [6, 6.07) is 8.57. The fourth-order valence-corrected chi connectivity index (χ4v) is 3.07. The molecule has 4 nitrogen and oxygen atoms in total. The molecule has 2 aromatic rings. The highest BCUT2D eigenvalue weighted by atomic mass is 32.1. The van der Waals surface area contributed by atoms with E-state index < -0.39 is 0 Å². The smallest absolute Gasteiger partial charge is 0.135 e. The van der Waals surface area contributed by atoms with Gasteiger partial charge in [0.1, 0.15) is 10.7 Å². The van der Waals surface area contributed by atoms with Gasteiger partial charge in [-0.25, -0.2) is 0 Å². The number of rotatable bonds is 4. The summed E-state index contributed by atoms with van der Waals surface area (Å²) in [5.74, 6) is 0. The van der Waals surface area contributed by atoms with E-state index in [0.717, 1.165) is 23.5 Å². The van der Waals surface area contributed by atoms with Crippen molar-refractivity contribution in [2.45, 2.75) is 32.0 Å². The third-order valence-corrected chi connectivity index (χ3v) is 4.30. The number of nitrogens with one attached hydrogen (secondary N) is 1. The van der Waals surface area contributed by atoms with Gasteiger partial charge >= 0.3 is 0 Å². The molecule has 0 spiro atoms. The van der Waals surface area contributed by atoms with Crippen LogP contribution in [0.1, 0.15) is 35.8 Å². The molecule has 19 heavy (non-hydrogen) atoms. The maximum Gasteiger partial charge on any atom is 0.135 e. The molecule has 1 aromatic carbocycles. The van der Waals surface area contributed by atoms with E-state index in [1.165, 1.54) is 29.1 Å². The number of hydrogen-bond acceptors (Lipinski definition) is 5. The summed E-state index contributed by atoms with van der Waals surface area (Å²) >= 11 is 1.37. The zero-order valence-electron chi connectivity index (χ0n) is 10.9. The van der Waals surface area contributed by atoms with E-state index in [1.54, 1.807) is 0 Å². The lowest BCUT2D eigenvalue weighted by Gasteiger charge is -2.25. The van der Waals surface area contributed by atoms with Gasteiger partial charge in [0.15, 0.2) is 0 Å². The summed E-state index contributed by atoms with van der Waals surface area (Å²) in [4.78, 5) is 0. The van der Waals surface area contributed by atoms with E-state index in [2.05, 4.69) is 39.2 Å². The second-order valence-corrected chi connectivity index (χ2v) is 5.44. The van der Waals surface area contributed by atoms with Crippen LogP contribution in [0.3, 0.4) is 0 Å². The molecule has 1 N–H and O–H groups in total. The number of anilines is 1. The van der Waals surface area contributed by atoms with Crippen molar-refractivity contribution in [1.29, 1.82) is 0 Å². The van der Waals surface area contributed by atoms with Crippen LogP contribution in [0.25, 0.3) is 0 Å². The summed E-state index contributed by atoms with van der Waals surface area (Å²) in [5.41, 5.74) is 3.66. The van der Waals surface area contributed by atoms with E-state index in [0.29, 0.717) is 6.61 Å². The normalized spacial score (nSPS) is 18.1. The monoisotopic (exact) mass is 275 g/mol. The van der Waals surface area contributed by atoms with Crippen LogP contribution < -0.4 is 5.32 Å². The lowest BCUT2D eigenvalue weighted by molar-refractivity contribution is 0.0268. The van der Waals surface area contributed by atoms with Crippen molar-refractivity contribution in [2.24, 2.45) is 0 Å². The third-order valence-electron chi connectivity index (χ3n) is 3.52. The second kappa shape index (κ2) is 5.67. The maximum atomic E-state index is 6.06. The fraction of sp³-hybridized carbons (Fsp3) is 0.429. The van der Waals surface area contributed by atoms with E-state index in [9.17, 15) is 0 Å². The summed E-state index contributed by atoms with van der Waals surface area (Å²) in [5, 5.41) is 8.19. The first kappa shape index (κ1) is 12.6. The molecule has 1 heterocycles. The number of benzene rings is 1. The Morgan fingerprint density at radius 3 is 3.21 bits per heavy atom. The molecule has 0 bridgehead atoms. The van der Waals surface area contributed by atoms with Gasteiger partial charge in [-0.3, -0.25) is 0 Å². The molecule has 0 amide bonds. The minimum Gasteiger partial charge on any atom is -0.377 e. The van der Waals surface area contributed by atoms with Gasteiger partial charge in [0.05, 0.1) is 12.7 Å². The van der Waals surface area contributed by atoms with Gasteiger partial charge in [-0.2, -0.15) is 0 Å². The molecule has 1 unspecified atom stereocenters. The Morgan fingerprint density at radius 2 is 2.32 bits per heavy atom. The van der Waals surface area contributed by atoms with Crippen LogP contribution in [0, 0.1) is 0 Å². The molecule has 1 aliphatic carbocycles. The second-order valence-electron chi connectivity index (χ2n) is 4.69. The molecule has 0 saturated carbocycles. The first-order chi connectivity index (χ1) is 9.38. The van der Waals surface area contributed by atoms with E-state index in [-0.39, 0.29) is 6.10 Å². The third kappa shape index (κ3) is 2.62. The molecular weight excluding hydrogens is 258 g/mol. The molecule has 0 radical (unpaired) electrons. The molecule has 100 valence electrons. The summed E-state index contributed by atoms with van der Waals surface area (Å²) < 4.78 is 10.0. The van der Waals surface area contributed by atoms with E-state index >= 15 is 0 Å². The van der Waals surface area contributed by atoms with Crippen molar-refractivity contribution in [2.75, 3.05) is 12.4 Å². The Kier molecular flexibility index (Phi) is 3.75. The number of fused-ring (bicyclic) bond motifs is 1. The van der Waals surface area contributed by atoms with Crippen molar-refractivity contribution < 1.29 is 4.74 Å². The van der Waals surface area contributed by atoms with Crippen molar-refractivity contribution >= 4 is 16.5 Å². The molecule has 0 saturated heterocycles. The first-order valence-electron chi connectivity index (χ1n) is 6.57. The number of aromatic nitrogens is 2. The first-order valence-corrected chi connectivity index (χ1v) is 7.34. The predicted molar refractivity (Wildman–Crippen MR) is 76.4 cm³/mol. The molecule has 0 fully saturated rings. The minimum atomic E-state index is 0.191. The van der Waals surface area contributed by atoms with Crippen molar-refractivity contribution in [3.8, 4) is 0 Å². The number of ether oxygens (including phenoxy) is 1. The summed E-state index contributed by atoms with van der Waals surface area (Å²) in [6.07, 6.45) is 3.63. The Labute approximate surface area is 117 Å². The van der Waals surface area contributed by atoms with Crippen molar-refractivity contribution in [3.05, 3.63) is 41.1 Å². The zero-order valence-corrected chi connectivity index (χ0v) is 11.7. The zero-order chi connectivity index (χ0) is 13.1. The Balaban J connectivity index is 1.71. The molecule has 5 heteroatoms. The van der Waals surface area contributed by atoms with Crippen molar-refractivity contribution in [1.82, 2.24) is 9.59 Å². The molecule has 1 atom stereocenters. The maximum absolute atomic E-state index is 6.06. The molecule has 3 rings (SSSR count). The standard InChI is InChI=1S/C14H17N3OS/c1-15-14-12(16-17-19-14)9-18-13-8-4-6-10-5-2-3-7-11(10)13/h2-3,5,7,13,15H,4,6,8-9H2,1H3. The van der Waals surface area contributed by atoms with Crippen LogP contribution in [-0.4, -0.2) is 16.6 Å². The van der Waals surface area contributed by atoms with Crippen LogP contribution in [0.15, 0.2) is 24.3 Å². The Hall–Kier alpha value is -1.46. The average molecular weight is 275 g/mol.